The molecule has 0 saturated heterocycles. The fraction of sp³-hybridized carbons (Fsp3) is 0.667. The topological polar surface area (TPSA) is 21.3 Å². The third-order valence-electron chi connectivity index (χ3n) is 4.66. The maximum Gasteiger partial charge on any atom is 0.0716 e. The third-order valence-corrected chi connectivity index (χ3v) is 4.66. The lowest BCUT2D eigenvalue weighted by Gasteiger charge is -2.32. The van der Waals surface area contributed by atoms with Crippen LogP contribution in [-0.4, -0.2) is 13.2 Å². The number of ether oxygens (including phenoxy) is 1. The maximum atomic E-state index is 5.28. The van der Waals surface area contributed by atoms with Crippen molar-refractivity contribution in [1.82, 2.24) is 5.32 Å². The lowest BCUT2D eigenvalue weighted by Crippen LogP contribution is -2.35. The van der Waals surface area contributed by atoms with Crippen LogP contribution in [0.15, 0.2) is 24.3 Å². The van der Waals surface area contributed by atoms with Crippen LogP contribution in [0.4, 0.5) is 0 Å². The van der Waals surface area contributed by atoms with Gasteiger partial charge in [-0.05, 0) is 35.8 Å². The first-order valence-corrected chi connectivity index (χ1v) is 7.99. The Balaban J connectivity index is 1.88. The second kappa shape index (κ2) is 7.80. The molecule has 2 heteroatoms. The van der Waals surface area contributed by atoms with Crippen LogP contribution in [0.5, 0.6) is 0 Å². The fourth-order valence-electron chi connectivity index (χ4n) is 3.30. The monoisotopic (exact) mass is 275 g/mol. The van der Waals surface area contributed by atoms with Gasteiger partial charge in [0.15, 0.2) is 0 Å². The van der Waals surface area contributed by atoms with Crippen LogP contribution in [-0.2, 0) is 17.9 Å². The van der Waals surface area contributed by atoms with E-state index in [4.69, 9.17) is 4.74 Å². The predicted molar refractivity (Wildman–Crippen MR) is 84.6 cm³/mol. The molecule has 1 aliphatic carbocycles. The van der Waals surface area contributed by atoms with E-state index in [-0.39, 0.29) is 0 Å². The van der Waals surface area contributed by atoms with Crippen LogP contribution in [0.1, 0.15) is 50.7 Å². The molecule has 0 amide bonds. The SMILES string of the molecule is COCc1ccccc1CNC1CCCC(C(C)C)C1. The normalized spacial score (nSPS) is 23.2. The summed E-state index contributed by atoms with van der Waals surface area (Å²) in [5.74, 6) is 1.72. The zero-order chi connectivity index (χ0) is 14.4. The van der Waals surface area contributed by atoms with Crippen LogP contribution in [0, 0.1) is 11.8 Å². The average Bonchev–Trinajstić information content (AvgIpc) is 2.47. The summed E-state index contributed by atoms with van der Waals surface area (Å²) in [6.45, 7) is 6.40. The van der Waals surface area contributed by atoms with Gasteiger partial charge in [-0.15, -0.1) is 0 Å². The van der Waals surface area contributed by atoms with E-state index in [9.17, 15) is 0 Å². The lowest BCUT2D eigenvalue weighted by atomic mass is 9.79. The Morgan fingerprint density at radius 1 is 1.20 bits per heavy atom. The maximum absolute atomic E-state index is 5.28. The molecule has 2 atom stereocenters. The van der Waals surface area contributed by atoms with Gasteiger partial charge < -0.3 is 10.1 Å². The van der Waals surface area contributed by atoms with Crippen molar-refractivity contribution in [2.24, 2.45) is 11.8 Å². The quantitative estimate of drug-likeness (QED) is 0.842. The molecule has 20 heavy (non-hydrogen) atoms. The Morgan fingerprint density at radius 3 is 2.65 bits per heavy atom. The number of rotatable bonds is 6. The van der Waals surface area contributed by atoms with Crippen LogP contribution in [0.25, 0.3) is 0 Å². The van der Waals surface area contributed by atoms with E-state index in [1.807, 2.05) is 0 Å². The van der Waals surface area contributed by atoms with Gasteiger partial charge in [0.2, 0.25) is 0 Å². The van der Waals surface area contributed by atoms with Crippen LogP contribution in [0.2, 0.25) is 0 Å². The van der Waals surface area contributed by atoms with Gasteiger partial charge in [0, 0.05) is 19.7 Å². The summed E-state index contributed by atoms with van der Waals surface area (Å²) >= 11 is 0. The number of nitrogens with one attached hydrogen (secondary N) is 1. The molecule has 112 valence electrons. The summed E-state index contributed by atoms with van der Waals surface area (Å²) in [5, 5.41) is 3.77. The van der Waals surface area contributed by atoms with E-state index < -0.39 is 0 Å². The minimum atomic E-state index is 0.687. The summed E-state index contributed by atoms with van der Waals surface area (Å²) in [6, 6.07) is 9.27. The molecule has 2 nitrogen and oxygen atoms in total. The molecule has 0 aliphatic heterocycles. The van der Waals surface area contributed by atoms with Crippen molar-refractivity contribution >= 4 is 0 Å². The molecule has 0 radical (unpaired) electrons. The van der Waals surface area contributed by atoms with Gasteiger partial charge in [0.25, 0.3) is 0 Å². The van der Waals surface area contributed by atoms with Gasteiger partial charge in [-0.3, -0.25) is 0 Å². The number of benzene rings is 1. The second-order valence-electron chi connectivity index (χ2n) is 6.45. The van der Waals surface area contributed by atoms with E-state index >= 15 is 0 Å². The van der Waals surface area contributed by atoms with E-state index in [0.717, 1.165) is 18.4 Å². The molecule has 1 N–H and O–H groups in total. The van der Waals surface area contributed by atoms with Gasteiger partial charge in [0.05, 0.1) is 6.61 Å². The highest BCUT2D eigenvalue weighted by atomic mass is 16.5. The van der Waals surface area contributed by atoms with Crippen molar-refractivity contribution in [2.75, 3.05) is 7.11 Å². The summed E-state index contributed by atoms with van der Waals surface area (Å²) < 4.78 is 5.28. The van der Waals surface area contributed by atoms with Crippen LogP contribution >= 0.6 is 0 Å². The first kappa shape index (κ1) is 15.5. The van der Waals surface area contributed by atoms with Crippen LogP contribution in [0.3, 0.4) is 0 Å². The van der Waals surface area contributed by atoms with E-state index in [1.165, 1.54) is 36.8 Å². The highest BCUT2D eigenvalue weighted by Gasteiger charge is 2.23. The molecule has 1 saturated carbocycles. The summed E-state index contributed by atoms with van der Waals surface area (Å²) in [5.41, 5.74) is 2.68. The van der Waals surface area contributed by atoms with Crippen molar-refractivity contribution in [3.8, 4) is 0 Å². The van der Waals surface area contributed by atoms with Gasteiger partial charge in [-0.1, -0.05) is 51.0 Å². The molecule has 0 heterocycles. The molecule has 0 aromatic heterocycles. The molecular weight excluding hydrogens is 246 g/mol. The van der Waals surface area contributed by atoms with Crippen molar-refractivity contribution < 1.29 is 4.74 Å². The number of hydrogen-bond donors (Lipinski definition) is 1. The molecule has 1 aliphatic rings. The van der Waals surface area contributed by atoms with Gasteiger partial charge >= 0.3 is 0 Å². The van der Waals surface area contributed by atoms with Gasteiger partial charge in [0.1, 0.15) is 0 Å². The summed E-state index contributed by atoms with van der Waals surface area (Å²) in [6.07, 6.45) is 5.45. The summed E-state index contributed by atoms with van der Waals surface area (Å²) in [4.78, 5) is 0. The molecular formula is C18H29NO. The average molecular weight is 275 g/mol. The smallest absolute Gasteiger partial charge is 0.0716 e. The predicted octanol–water partition coefficient (Wildman–Crippen LogP) is 4.14. The molecule has 1 fully saturated rings. The zero-order valence-corrected chi connectivity index (χ0v) is 13.2. The van der Waals surface area contributed by atoms with Crippen molar-refractivity contribution in [2.45, 2.75) is 58.7 Å². The van der Waals surface area contributed by atoms with Crippen molar-refractivity contribution in [3.05, 3.63) is 35.4 Å². The van der Waals surface area contributed by atoms with Gasteiger partial charge in [-0.25, -0.2) is 0 Å². The number of hydrogen-bond acceptors (Lipinski definition) is 2. The Hall–Kier alpha value is -0.860. The molecule has 2 rings (SSSR count). The van der Waals surface area contributed by atoms with Crippen molar-refractivity contribution in [3.63, 3.8) is 0 Å². The Morgan fingerprint density at radius 2 is 1.95 bits per heavy atom. The van der Waals surface area contributed by atoms with E-state index in [1.54, 1.807) is 7.11 Å². The highest BCUT2D eigenvalue weighted by Crippen LogP contribution is 2.30. The van der Waals surface area contributed by atoms with E-state index in [2.05, 4.69) is 43.4 Å². The highest BCUT2D eigenvalue weighted by molar-refractivity contribution is 5.26. The van der Waals surface area contributed by atoms with Crippen molar-refractivity contribution in [1.29, 1.82) is 0 Å². The van der Waals surface area contributed by atoms with Gasteiger partial charge in [-0.2, -0.15) is 0 Å². The Labute approximate surface area is 123 Å². The zero-order valence-electron chi connectivity index (χ0n) is 13.2. The molecule has 1 aromatic rings. The fourth-order valence-corrected chi connectivity index (χ4v) is 3.30. The summed E-state index contributed by atoms with van der Waals surface area (Å²) in [7, 11) is 1.76. The number of methoxy groups -OCH3 is 1. The molecule has 2 unspecified atom stereocenters. The second-order valence-corrected chi connectivity index (χ2v) is 6.45. The first-order valence-electron chi connectivity index (χ1n) is 7.99. The lowest BCUT2D eigenvalue weighted by molar-refractivity contribution is 0.183. The minimum absolute atomic E-state index is 0.687. The minimum Gasteiger partial charge on any atom is -0.380 e. The molecule has 0 bridgehead atoms. The Kier molecular flexibility index (Phi) is 6.06. The largest absolute Gasteiger partial charge is 0.380 e. The molecule has 0 spiro atoms. The Bertz CT molecular complexity index is 402. The molecule has 1 aromatic carbocycles. The third kappa shape index (κ3) is 4.32. The first-order chi connectivity index (χ1) is 9.70. The standard InChI is InChI=1S/C18H29NO/c1-14(2)15-9-6-10-18(11-15)19-12-16-7-4-5-8-17(16)13-20-3/h4-5,7-8,14-15,18-19H,6,9-13H2,1-3H3. The van der Waals surface area contributed by atoms with Crippen LogP contribution < -0.4 is 5.32 Å². The van der Waals surface area contributed by atoms with E-state index in [0.29, 0.717) is 12.6 Å².